The molecule has 0 radical (unpaired) electrons. The van der Waals surface area contributed by atoms with Crippen molar-refractivity contribution in [1.82, 2.24) is 18.9 Å². The SMILES string of the molecule is Cc1cccn2c(=O)cc(CSc3nc4ccccc4c(=O)n3-c3cccc(Cl)c3)nc12. The van der Waals surface area contributed by atoms with Crippen molar-refractivity contribution in [1.29, 1.82) is 0 Å². The normalized spacial score (nSPS) is 11.3. The standard InChI is InChI=1S/C24H17ClN4O2S/c1-15-6-5-11-28-21(30)13-17(26-22(15)28)14-32-24-27-20-10-3-2-9-19(20)23(31)29(24)18-8-4-7-16(25)12-18/h2-13H,14H2,1H3. The van der Waals surface area contributed by atoms with E-state index in [2.05, 4.69) is 4.98 Å². The molecule has 0 atom stereocenters. The van der Waals surface area contributed by atoms with E-state index in [9.17, 15) is 9.59 Å². The summed E-state index contributed by atoms with van der Waals surface area (Å²) >= 11 is 7.54. The quantitative estimate of drug-likeness (QED) is 0.288. The zero-order valence-corrected chi connectivity index (χ0v) is 18.6. The molecule has 158 valence electrons. The number of nitrogens with zero attached hydrogens (tertiary/aromatic N) is 4. The molecule has 3 heterocycles. The highest BCUT2D eigenvalue weighted by Gasteiger charge is 2.15. The number of para-hydroxylation sites is 1. The van der Waals surface area contributed by atoms with Crippen molar-refractivity contribution in [3.05, 3.63) is 110 Å². The van der Waals surface area contributed by atoms with E-state index in [1.54, 1.807) is 35.0 Å². The van der Waals surface area contributed by atoms with E-state index in [0.717, 1.165) is 5.56 Å². The Hall–Kier alpha value is -3.42. The first-order valence-corrected chi connectivity index (χ1v) is 11.3. The van der Waals surface area contributed by atoms with Crippen molar-refractivity contribution < 1.29 is 0 Å². The van der Waals surface area contributed by atoms with Gasteiger partial charge >= 0.3 is 0 Å². The first-order chi connectivity index (χ1) is 15.5. The Morgan fingerprint density at radius 1 is 0.969 bits per heavy atom. The van der Waals surface area contributed by atoms with Crippen LogP contribution in [0.4, 0.5) is 0 Å². The molecule has 2 aromatic carbocycles. The van der Waals surface area contributed by atoms with Gasteiger partial charge in [0, 0.05) is 23.0 Å². The molecule has 0 aliphatic heterocycles. The Labute approximate surface area is 192 Å². The lowest BCUT2D eigenvalue weighted by Gasteiger charge is -2.13. The molecule has 0 N–H and O–H groups in total. The number of hydrogen-bond acceptors (Lipinski definition) is 5. The Morgan fingerprint density at radius 3 is 2.66 bits per heavy atom. The Bertz CT molecular complexity index is 1610. The van der Waals surface area contributed by atoms with Gasteiger partial charge in [-0.3, -0.25) is 18.6 Å². The lowest BCUT2D eigenvalue weighted by molar-refractivity contribution is 0.819. The fourth-order valence-electron chi connectivity index (χ4n) is 3.57. The highest BCUT2D eigenvalue weighted by atomic mass is 35.5. The third-order valence-electron chi connectivity index (χ3n) is 5.10. The number of fused-ring (bicyclic) bond motifs is 2. The van der Waals surface area contributed by atoms with Gasteiger partial charge in [0.05, 0.1) is 22.3 Å². The van der Waals surface area contributed by atoms with Crippen molar-refractivity contribution in [2.24, 2.45) is 0 Å². The van der Waals surface area contributed by atoms with E-state index in [1.807, 2.05) is 43.3 Å². The zero-order chi connectivity index (χ0) is 22.2. The molecule has 3 aromatic heterocycles. The third-order valence-corrected chi connectivity index (χ3v) is 6.31. The van der Waals surface area contributed by atoms with Crippen LogP contribution in [0.2, 0.25) is 5.02 Å². The molecule has 5 rings (SSSR count). The molecule has 0 unspecified atom stereocenters. The second-order valence-corrected chi connectivity index (χ2v) is 8.67. The number of pyridine rings is 1. The fourth-order valence-corrected chi connectivity index (χ4v) is 4.66. The molecule has 32 heavy (non-hydrogen) atoms. The van der Waals surface area contributed by atoms with E-state index in [-0.39, 0.29) is 11.1 Å². The third kappa shape index (κ3) is 3.70. The minimum atomic E-state index is -0.178. The van der Waals surface area contributed by atoms with Gasteiger partial charge in [-0.25, -0.2) is 9.97 Å². The minimum Gasteiger partial charge on any atom is -0.269 e. The number of aromatic nitrogens is 4. The highest BCUT2D eigenvalue weighted by molar-refractivity contribution is 7.98. The predicted molar refractivity (Wildman–Crippen MR) is 128 cm³/mol. The smallest absolute Gasteiger partial charge is 0.266 e. The molecule has 6 nitrogen and oxygen atoms in total. The van der Waals surface area contributed by atoms with E-state index in [1.165, 1.54) is 22.2 Å². The topological polar surface area (TPSA) is 69.3 Å². The van der Waals surface area contributed by atoms with Crippen LogP contribution in [0.25, 0.3) is 22.2 Å². The lowest BCUT2D eigenvalue weighted by Crippen LogP contribution is -2.22. The van der Waals surface area contributed by atoms with Gasteiger partial charge in [0.25, 0.3) is 11.1 Å². The van der Waals surface area contributed by atoms with E-state index >= 15 is 0 Å². The number of halogens is 1. The molecule has 8 heteroatoms. The average Bonchev–Trinajstić information content (AvgIpc) is 2.78. The number of thioether (sulfide) groups is 1. The summed E-state index contributed by atoms with van der Waals surface area (Å²) < 4.78 is 3.08. The molecule has 0 spiro atoms. The van der Waals surface area contributed by atoms with Gasteiger partial charge in [0.2, 0.25) is 0 Å². The van der Waals surface area contributed by atoms with E-state index in [0.29, 0.717) is 43.9 Å². The minimum absolute atomic E-state index is 0.145. The summed E-state index contributed by atoms with van der Waals surface area (Å²) in [5, 5.41) is 1.55. The van der Waals surface area contributed by atoms with Crippen LogP contribution in [-0.4, -0.2) is 18.9 Å². The molecule has 0 amide bonds. The van der Waals surface area contributed by atoms with Gasteiger partial charge in [-0.05, 0) is 48.9 Å². The second kappa shape index (κ2) is 8.26. The summed E-state index contributed by atoms with van der Waals surface area (Å²) in [6.45, 7) is 1.92. The fraction of sp³-hybridized carbons (Fsp3) is 0.0833. The maximum Gasteiger partial charge on any atom is 0.266 e. The average molecular weight is 461 g/mol. The Morgan fingerprint density at radius 2 is 1.81 bits per heavy atom. The summed E-state index contributed by atoms with van der Waals surface area (Å²) in [4.78, 5) is 35.3. The predicted octanol–water partition coefficient (Wildman–Crippen LogP) is 4.65. The van der Waals surface area contributed by atoms with Crippen molar-refractivity contribution in [2.45, 2.75) is 17.8 Å². The van der Waals surface area contributed by atoms with Crippen LogP contribution in [0, 0.1) is 6.92 Å². The van der Waals surface area contributed by atoms with Crippen LogP contribution in [0.5, 0.6) is 0 Å². The Kier molecular flexibility index (Phi) is 5.28. The van der Waals surface area contributed by atoms with Gasteiger partial charge in [-0.1, -0.05) is 47.6 Å². The van der Waals surface area contributed by atoms with Crippen LogP contribution in [0.3, 0.4) is 0 Å². The van der Waals surface area contributed by atoms with Gasteiger partial charge in [-0.2, -0.15) is 0 Å². The summed E-state index contributed by atoms with van der Waals surface area (Å²) in [5.74, 6) is 0.380. The van der Waals surface area contributed by atoms with Crippen molar-refractivity contribution >= 4 is 39.9 Å². The molecule has 0 saturated carbocycles. The van der Waals surface area contributed by atoms with Crippen molar-refractivity contribution in [3.63, 3.8) is 0 Å². The van der Waals surface area contributed by atoms with Gasteiger partial charge < -0.3 is 0 Å². The summed E-state index contributed by atoms with van der Waals surface area (Å²) in [7, 11) is 0. The van der Waals surface area contributed by atoms with E-state index in [4.69, 9.17) is 16.6 Å². The highest BCUT2D eigenvalue weighted by Crippen LogP contribution is 2.25. The number of aryl methyl sites for hydroxylation is 1. The van der Waals surface area contributed by atoms with Gasteiger partial charge in [0.15, 0.2) is 5.16 Å². The van der Waals surface area contributed by atoms with Crippen LogP contribution < -0.4 is 11.1 Å². The summed E-state index contributed by atoms with van der Waals surface area (Å²) in [5.41, 5.74) is 3.07. The maximum atomic E-state index is 13.3. The molecule has 0 fully saturated rings. The first kappa shape index (κ1) is 20.5. The molecule has 0 aliphatic carbocycles. The summed E-state index contributed by atoms with van der Waals surface area (Å²) in [6, 6.07) is 19.6. The number of benzene rings is 2. The Balaban J connectivity index is 1.62. The summed E-state index contributed by atoms with van der Waals surface area (Å²) in [6.07, 6.45) is 1.70. The zero-order valence-electron chi connectivity index (χ0n) is 17.0. The molecule has 0 aliphatic rings. The molecule has 0 bridgehead atoms. The number of rotatable bonds is 4. The number of hydrogen-bond donors (Lipinski definition) is 0. The molecule has 5 aromatic rings. The molecular formula is C24H17ClN4O2S. The van der Waals surface area contributed by atoms with Crippen molar-refractivity contribution in [3.8, 4) is 5.69 Å². The molecular weight excluding hydrogens is 444 g/mol. The largest absolute Gasteiger partial charge is 0.269 e. The second-order valence-electron chi connectivity index (χ2n) is 7.29. The van der Waals surface area contributed by atoms with Crippen LogP contribution >= 0.6 is 23.4 Å². The first-order valence-electron chi connectivity index (χ1n) is 9.90. The van der Waals surface area contributed by atoms with Gasteiger partial charge in [-0.15, -0.1) is 0 Å². The van der Waals surface area contributed by atoms with Crippen LogP contribution in [0.1, 0.15) is 11.3 Å². The van der Waals surface area contributed by atoms with Crippen LogP contribution in [-0.2, 0) is 5.75 Å². The maximum absolute atomic E-state index is 13.3. The van der Waals surface area contributed by atoms with E-state index < -0.39 is 0 Å². The molecule has 0 saturated heterocycles. The monoisotopic (exact) mass is 460 g/mol. The van der Waals surface area contributed by atoms with Crippen LogP contribution in [0.15, 0.2) is 87.7 Å². The lowest BCUT2D eigenvalue weighted by atomic mass is 10.2. The van der Waals surface area contributed by atoms with Gasteiger partial charge in [0.1, 0.15) is 5.65 Å². The van der Waals surface area contributed by atoms with Crippen molar-refractivity contribution in [2.75, 3.05) is 0 Å².